The van der Waals surface area contributed by atoms with E-state index in [0.29, 0.717) is 50.7 Å². The van der Waals surface area contributed by atoms with Crippen molar-refractivity contribution in [1.29, 1.82) is 0 Å². The Labute approximate surface area is 112 Å². The summed E-state index contributed by atoms with van der Waals surface area (Å²) in [4.78, 5) is 3.99. The average Bonchev–Trinajstić information content (AvgIpc) is 2.37. The van der Waals surface area contributed by atoms with E-state index in [1.54, 1.807) is 25.3 Å². The summed E-state index contributed by atoms with van der Waals surface area (Å²) in [5.41, 5.74) is 0. The van der Waals surface area contributed by atoms with Gasteiger partial charge in [0.2, 0.25) is 5.88 Å². The van der Waals surface area contributed by atoms with Crippen LogP contribution in [0.4, 0.5) is 0 Å². The molecule has 102 valence electrons. The molecule has 0 aromatic carbocycles. The first-order valence-corrected chi connectivity index (χ1v) is 6.10. The van der Waals surface area contributed by atoms with Gasteiger partial charge in [-0.2, -0.15) is 0 Å². The van der Waals surface area contributed by atoms with Gasteiger partial charge >= 0.3 is 0 Å². The summed E-state index contributed by atoms with van der Waals surface area (Å²) in [6.45, 7) is 3.20. The van der Waals surface area contributed by atoms with Crippen molar-refractivity contribution in [2.24, 2.45) is 0 Å². The molecule has 0 N–H and O–H groups in total. The molecule has 0 saturated heterocycles. The summed E-state index contributed by atoms with van der Waals surface area (Å²) in [6.07, 6.45) is 0. The topological polar surface area (TPSA) is 49.8 Å². The van der Waals surface area contributed by atoms with E-state index in [2.05, 4.69) is 4.98 Å². The van der Waals surface area contributed by atoms with Crippen LogP contribution in [0.5, 0.6) is 5.88 Å². The summed E-state index contributed by atoms with van der Waals surface area (Å²) in [7, 11) is 1.64. The lowest BCUT2D eigenvalue weighted by Crippen LogP contribution is -2.12. The fourth-order valence-electron chi connectivity index (χ4n) is 1.14. The number of rotatable bonds is 10. The lowest BCUT2D eigenvalue weighted by molar-refractivity contribution is 0.0176. The zero-order valence-corrected chi connectivity index (χ0v) is 11.2. The Morgan fingerprint density at radius 1 is 1.00 bits per heavy atom. The molecule has 0 atom stereocenters. The summed E-state index contributed by atoms with van der Waals surface area (Å²) in [5.74, 6) is 0.502. The predicted octanol–water partition coefficient (Wildman–Crippen LogP) is 1.79. The molecule has 1 heterocycles. The molecule has 18 heavy (non-hydrogen) atoms. The number of hydrogen-bond acceptors (Lipinski definition) is 5. The van der Waals surface area contributed by atoms with Crippen LogP contribution in [0, 0.1) is 0 Å². The zero-order valence-electron chi connectivity index (χ0n) is 10.4. The maximum atomic E-state index is 5.72. The third-order valence-corrected chi connectivity index (χ3v) is 2.18. The van der Waals surface area contributed by atoms with E-state index >= 15 is 0 Å². The molecule has 0 radical (unpaired) electrons. The van der Waals surface area contributed by atoms with Crippen molar-refractivity contribution in [1.82, 2.24) is 4.98 Å². The van der Waals surface area contributed by atoms with E-state index in [-0.39, 0.29) is 0 Å². The van der Waals surface area contributed by atoms with Gasteiger partial charge in [-0.05, 0) is 6.07 Å². The normalized spacial score (nSPS) is 10.6. The largest absolute Gasteiger partial charge is 0.475 e. The first-order chi connectivity index (χ1) is 8.83. The van der Waals surface area contributed by atoms with Crippen LogP contribution in [0.2, 0.25) is 5.15 Å². The Bertz CT molecular complexity index is 325. The van der Waals surface area contributed by atoms with E-state index in [0.717, 1.165) is 0 Å². The van der Waals surface area contributed by atoms with E-state index in [4.69, 9.17) is 30.5 Å². The van der Waals surface area contributed by atoms with Crippen molar-refractivity contribution in [2.45, 2.75) is 0 Å². The molecule has 0 spiro atoms. The highest BCUT2D eigenvalue weighted by atomic mass is 35.5. The number of halogens is 1. The molecule has 6 heteroatoms. The lowest BCUT2D eigenvalue weighted by Gasteiger charge is -2.07. The van der Waals surface area contributed by atoms with Gasteiger partial charge < -0.3 is 18.9 Å². The number of aromatic nitrogens is 1. The summed E-state index contributed by atoms with van der Waals surface area (Å²) >= 11 is 5.72. The monoisotopic (exact) mass is 275 g/mol. The Morgan fingerprint density at radius 3 is 2.33 bits per heavy atom. The molecule has 0 aliphatic carbocycles. The molecule has 0 fully saturated rings. The molecule has 0 unspecified atom stereocenters. The van der Waals surface area contributed by atoms with E-state index in [1.165, 1.54) is 0 Å². The van der Waals surface area contributed by atoms with Gasteiger partial charge in [-0.1, -0.05) is 17.7 Å². The second-order valence-corrected chi connectivity index (χ2v) is 3.75. The van der Waals surface area contributed by atoms with Crippen LogP contribution >= 0.6 is 11.6 Å². The van der Waals surface area contributed by atoms with Crippen molar-refractivity contribution in [3.8, 4) is 5.88 Å². The Balaban J connectivity index is 1.92. The van der Waals surface area contributed by atoms with Crippen LogP contribution in [0.1, 0.15) is 0 Å². The van der Waals surface area contributed by atoms with Gasteiger partial charge in [0.15, 0.2) is 0 Å². The number of nitrogens with zero attached hydrogens (tertiary/aromatic N) is 1. The molecule has 0 aliphatic rings. The van der Waals surface area contributed by atoms with Crippen LogP contribution in [-0.2, 0) is 14.2 Å². The van der Waals surface area contributed by atoms with Crippen LogP contribution in [0.3, 0.4) is 0 Å². The first-order valence-electron chi connectivity index (χ1n) is 5.72. The fourth-order valence-corrected chi connectivity index (χ4v) is 1.30. The highest BCUT2D eigenvalue weighted by Crippen LogP contribution is 2.10. The van der Waals surface area contributed by atoms with Crippen molar-refractivity contribution < 1.29 is 18.9 Å². The van der Waals surface area contributed by atoms with Crippen LogP contribution in [0.15, 0.2) is 18.2 Å². The maximum Gasteiger partial charge on any atom is 0.214 e. The Kier molecular flexibility index (Phi) is 8.50. The third-order valence-electron chi connectivity index (χ3n) is 1.97. The second kappa shape index (κ2) is 10.1. The smallest absolute Gasteiger partial charge is 0.214 e. The molecule has 0 aliphatic heterocycles. The van der Waals surface area contributed by atoms with Gasteiger partial charge in [-0.15, -0.1) is 0 Å². The molecular weight excluding hydrogens is 258 g/mol. The van der Waals surface area contributed by atoms with Crippen molar-refractivity contribution >= 4 is 11.6 Å². The minimum Gasteiger partial charge on any atom is -0.475 e. The van der Waals surface area contributed by atoms with Gasteiger partial charge in [0.25, 0.3) is 0 Å². The highest BCUT2D eigenvalue weighted by molar-refractivity contribution is 6.29. The Hall–Kier alpha value is -0.880. The molecule has 1 aromatic heterocycles. The standard InChI is InChI=1S/C12H18ClNO4/c1-15-5-6-16-7-8-17-9-10-18-12-4-2-3-11(13)14-12/h2-4H,5-10H2,1H3. The van der Waals surface area contributed by atoms with Gasteiger partial charge in [-0.25, -0.2) is 4.98 Å². The summed E-state index contributed by atoms with van der Waals surface area (Å²) in [5, 5.41) is 0.417. The van der Waals surface area contributed by atoms with E-state index < -0.39 is 0 Å². The zero-order chi connectivity index (χ0) is 13.1. The molecule has 0 bridgehead atoms. The lowest BCUT2D eigenvalue weighted by atomic mass is 10.5. The summed E-state index contributed by atoms with van der Waals surface area (Å²) < 4.78 is 20.7. The minimum atomic E-state index is 0.417. The molecule has 1 rings (SSSR count). The molecule has 5 nitrogen and oxygen atoms in total. The molecule has 1 aromatic rings. The third kappa shape index (κ3) is 7.45. The van der Waals surface area contributed by atoms with Crippen molar-refractivity contribution in [2.75, 3.05) is 46.8 Å². The minimum absolute atomic E-state index is 0.417. The van der Waals surface area contributed by atoms with Gasteiger partial charge in [0.05, 0.1) is 33.0 Å². The number of pyridine rings is 1. The molecule has 0 amide bonds. The van der Waals surface area contributed by atoms with E-state index in [9.17, 15) is 0 Å². The summed E-state index contributed by atoms with van der Waals surface area (Å²) in [6, 6.07) is 5.23. The molecule has 0 saturated carbocycles. The highest BCUT2D eigenvalue weighted by Gasteiger charge is 1.96. The van der Waals surface area contributed by atoms with Crippen LogP contribution in [-0.4, -0.2) is 51.7 Å². The number of methoxy groups -OCH3 is 1. The quantitative estimate of drug-likeness (QED) is 0.481. The van der Waals surface area contributed by atoms with Crippen molar-refractivity contribution in [3.63, 3.8) is 0 Å². The van der Waals surface area contributed by atoms with Crippen molar-refractivity contribution in [3.05, 3.63) is 23.4 Å². The van der Waals surface area contributed by atoms with Gasteiger partial charge in [0.1, 0.15) is 11.8 Å². The maximum absolute atomic E-state index is 5.72. The first kappa shape index (κ1) is 15.2. The number of ether oxygens (including phenoxy) is 4. The SMILES string of the molecule is COCCOCCOCCOc1cccc(Cl)n1. The average molecular weight is 276 g/mol. The molecular formula is C12H18ClNO4. The van der Waals surface area contributed by atoms with Crippen LogP contribution < -0.4 is 4.74 Å². The Morgan fingerprint density at radius 2 is 1.67 bits per heavy atom. The fraction of sp³-hybridized carbons (Fsp3) is 0.583. The second-order valence-electron chi connectivity index (χ2n) is 3.36. The predicted molar refractivity (Wildman–Crippen MR) is 68.3 cm³/mol. The van der Waals surface area contributed by atoms with Gasteiger partial charge in [0, 0.05) is 13.2 Å². The van der Waals surface area contributed by atoms with E-state index in [1.807, 2.05) is 0 Å². The van der Waals surface area contributed by atoms with Gasteiger partial charge in [-0.3, -0.25) is 0 Å². The number of hydrogen-bond donors (Lipinski definition) is 0. The van der Waals surface area contributed by atoms with Crippen LogP contribution in [0.25, 0.3) is 0 Å².